The summed E-state index contributed by atoms with van der Waals surface area (Å²) in [5, 5.41) is 3.19. The third-order valence-corrected chi connectivity index (χ3v) is 3.25. The molecule has 0 aliphatic heterocycles. The smallest absolute Gasteiger partial charge is 0.255 e. The first-order chi connectivity index (χ1) is 9.74. The van der Waals surface area contributed by atoms with Gasteiger partial charge in [0.2, 0.25) is 0 Å². The molecule has 20 heavy (non-hydrogen) atoms. The van der Waals surface area contributed by atoms with Gasteiger partial charge in [-0.3, -0.25) is 4.79 Å². The Hall–Kier alpha value is -1.91. The predicted molar refractivity (Wildman–Crippen MR) is 80.7 cm³/mol. The van der Waals surface area contributed by atoms with Crippen molar-refractivity contribution in [3.8, 4) is 11.3 Å². The summed E-state index contributed by atoms with van der Waals surface area (Å²) in [5.74, 6) is 0. The van der Waals surface area contributed by atoms with Crippen LogP contribution in [-0.2, 0) is 18.3 Å². The largest absolute Gasteiger partial charge is 0.383 e. The van der Waals surface area contributed by atoms with Gasteiger partial charge in [0.15, 0.2) is 0 Å². The monoisotopic (exact) mass is 272 g/mol. The fraction of sp³-hybridized carbons (Fsp3) is 0.312. The van der Waals surface area contributed by atoms with Crippen molar-refractivity contribution in [3.05, 3.63) is 58.4 Å². The summed E-state index contributed by atoms with van der Waals surface area (Å²) in [7, 11) is 3.47. The van der Waals surface area contributed by atoms with Crippen LogP contribution in [0.15, 0.2) is 47.3 Å². The molecule has 0 atom stereocenters. The zero-order valence-corrected chi connectivity index (χ0v) is 11.9. The summed E-state index contributed by atoms with van der Waals surface area (Å²) in [6.07, 6.45) is 0. The normalized spacial score (nSPS) is 10.7. The molecule has 0 saturated carbocycles. The molecular weight excluding hydrogens is 252 g/mol. The van der Waals surface area contributed by atoms with Crippen LogP contribution >= 0.6 is 0 Å². The van der Waals surface area contributed by atoms with E-state index in [1.807, 2.05) is 49.5 Å². The van der Waals surface area contributed by atoms with Crippen LogP contribution in [0.4, 0.5) is 0 Å². The lowest BCUT2D eigenvalue weighted by molar-refractivity contribution is 0.199. The zero-order chi connectivity index (χ0) is 14.4. The maximum atomic E-state index is 12.3. The van der Waals surface area contributed by atoms with Gasteiger partial charge in [-0.15, -0.1) is 0 Å². The van der Waals surface area contributed by atoms with E-state index in [1.54, 1.807) is 11.7 Å². The average Bonchev–Trinajstić information content (AvgIpc) is 2.49. The molecule has 0 unspecified atom stereocenters. The SMILES string of the molecule is COCCNCc1ccc(-c2ccccc2)n(C)c1=O. The molecule has 2 aromatic rings. The maximum absolute atomic E-state index is 12.3. The lowest BCUT2D eigenvalue weighted by atomic mass is 10.1. The molecule has 1 heterocycles. The third kappa shape index (κ3) is 3.35. The van der Waals surface area contributed by atoms with Crippen molar-refractivity contribution in [2.75, 3.05) is 20.3 Å². The summed E-state index contributed by atoms with van der Waals surface area (Å²) < 4.78 is 6.66. The lowest BCUT2D eigenvalue weighted by Crippen LogP contribution is -2.27. The van der Waals surface area contributed by atoms with E-state index < -0.39 is 0 Å². The standard InChI is InChI=1S/C16H20N2O2/c1-18-15(13-6-4-3-5-7-13)9-8-14(16(18)19)12-17-10-11-20-2/h3-9,17H,10-12H2,1-2H3. The van der Waals surface area contributed by atoms with Gasteiger partial charge in [-0.1, -0.05) is 36.4 Å². The van der Waals surface area contributed by atoms with Crippen LogP contribution in [-0.4, -0.2) is 24.8 Å². The number of hydrogen-bond acceptors (Lipinski definition) is 3. The minimum absolute atomic E-state index is 0.0382. The van der Waals surface area contributed by atoms with Crippen molar-refractivity contribution in [2.24, 2.45) is 7.05 Å². The number of pyridine rings is 1. The summed E-state index contributed by atoms with van der Waals surface area (Å²) >= 11 is 0. The van der Waals surface area contributed by atoms with Crippen LogP contribution in [0.3, 0.4) is 0 Å². The number of benzene rings is 1. The van der Waals surface area contributed by atoms with Crippen LogP contribution < -0.4 is 10.9 Å². The van der Waals surface area contributed by atoms with E-state index in [-0.39, 0.29) is 5.56 Å². The Balaban J connectivity index is 2.19. The zero-order valence-electron chi connectivity index (χ0n) is 11.9. The van der Waals surface area contributed by atoms with E-state index in [9.17, 15) is 4.79 Å². The molecular formula is C16H20N2O2. The molecule has 4 heteroatoms. The highest BCUT2D eigenvalue weighted by Crippen LogP contribution is 2.16. The Labute approximate surface area is 119 Å². The van der Waals surface area contributed by atoms with Crippen LogP contribution in [0.25, 0.3) is 11.3 Å². The molecule has 0 amide bonds. The van der Waals surface area contributed by atoms with Crippen LogP contribution in [0, 0.1) is 0 Å². The first-order valence-electron chi connectivity index (χ1n) is 6.68. The Morgan fingerprint density at radius 2 is 1.90 bits per heavy atom. The van der Waals surface area contributed by atoms with Crippen molar-refractivity contribution in [2.45, 2.75) is 6.54 Å². The summed E-state index contributed by atoms with van der Waals surface area (Å²) in [4.78, 5) is 12.3. The van der Waals surface area contributed by atoms with Gasteiger partial charge in [-0.05, 0) is 11.6 Å². The van der Waals surface area contributed by atoms with E-state index in [4.69, 9.17) is 4.74 Å². The van der Waals surface area contributed by atoms with Gasteiger partial charge >= 0.3 is 0 Å². The van der Waals surface area contributed by atoms with Crippen LogP contribution in [0.2, 0.25) is 0 Å². The summed E-state index contributed by atoms with van der Waals surface area (Å²) in [6.45, 7) is 1.94. The Morgan fingerprint density at radius 1 is 1.15 bits per heavy atom. The van der Waals surface area contributed by atoms with E-state index in [0.717, 1.165) is 23.4 Å². The second-order valence-corrected chi connectivity index (χ2v) is 4.64. The van der Waals surface area contributed by atoms with Crippen LogP contribution in [0.5, 0.6) is 0 Å². The minimum atomic E-state index is 0.0382. The van der Waals surface area contributed by atoms with Crippen molar-refractivity contribution in [3.63, 3.8) is 0 Å². The number of nitrogens with one attached hydrogen (secondary N) is 1. The Morgan fingerprint density at radius 3 is 2.60 bits per heavy atom. The van der Waals surface area contributed by atoms with Crippen molar-refractivity contribution >= 4 is 0 Å². The number of ether oxygens (including phenoxy) is 1. The fourth-order valence-electron chi connectivity index (χ4n) is 2.12. The van der Waals surface area contributed by atoms with Gasteiger partial charge in [0.05, 0.1) is 12.3 Å². The highest BCUT2D eigenvalue weighted by atomic mass is 16.5. The van der Waals surface area contributed by atoms with Gasteiger partial charge in [-0.25, -0.2) is 0 Å². The predicted octanol–water partition coefficient (Wildman–Crippen LogP) is 1.79. The molecule has 1 aromatic carbocycles. The summed E-state index contributed by atoms with van der Waals surface area (Å²) in [5.41, 5.74) is 2.78. The third-order valence-electron chi connectivity index (χ3n) is 3.25. The second kappa shape index (κ2) is 7.03. The van der Waals surface area contributed by atoms with E-state index >= 15 is 0 Å². The molecule has 4 nitrogen and oxygen atoms in total. The van der Waals surface area contributed by atoms with Crippen molar-refractivity contribution < 1.29 is 4.74 Å². The van der Waals surface area contributed by atoms with Crippen LogP contribution in [0.1, 0.15) is 5.56 Å². The highest BCUT2D eigenvalue weighted by molar-refractivity contribution is 5.59. The molecule has 0 aliphatic carbocycles. The molecule has 1 aromatic heterocycles. The van der Waals surface area contributed by atoms with E-state index in [1.165, 1.54) is 0 Å². The summed E-state index contributed by atoms with van der Waals surface area (Å²) in [6, 6.07) is 13.8. The topological polar surface area (TPSA) is 43.3 Å². The number of nitrogens with zero attached hydrogens (tertiary/aromatic N) is 1. The number of hydrogen-bond donors (Lipinski definition) is 1. The molecule has 106 valence electrons. The Kier molecular flexibility index (Phi) is 5.09. The molecule has 1 N–H and O–H groups in total. The molecule has 0 bridgehead atoms. The highest BCUT2D eigenvalue weighted by Gasteiger charge is 2.06. The molecule has 0 radical (unpaired) electrons. The van der Waals surface area contributed by atoms with Crippen molar-refractivity contribution in [1.29, 1.82) is 0 Å². The number of aromatic nitrogens is 1. The first-order valence-corrected chi connectivity index (χ1v) is 6.68. The fourth-order valence-corrected chi connectivity index (χ4v) is 2.12. The lowest BCUT2D eigenvalue weighted by Gasteiger charge is -2.11. The van der Waals surface area contributed by atoms with Gasteiger partial charge < -0.3 is 14.6 Å². The Bertz CT molecular complexity index is 606. The van der Waals surface area contributed by atoms with Gasteiger partial charge in [0.25, 0.3) is 5.56 Å². The molecule has 0 saturated heterocycles. The minimum Gasteiger partial charge on any atom is -0.383 e. The van der Waals surface area contributed by atoms with Gasteiger partial charge in [-0.2, -0.15) is 0 Å². The van der Waals surface area contributed by atoms with E-state index in [0.29, 0.717) is 13.2 Å². The maximum Gasteiger partial charge on any atom is 0.255 e. The second-order valence-electron chi connectivity index (χ2n) is 4.64. The number of rotatable bonds is 6. The van der Waals surface area contributed by atoms with Crippen molar-refractivity contribution in [1.82, 2.24) is 9.88 Å². The average molecular weight is 272 g/mol. The molecule has 0 aliphatic rings. The van der Waals surface area contributed by atoms with Gasteiger partial charge in [0.1, 0.15) is 0 Å². The molecule has 0 spiro atoms. The van der Waals surface area contributed by atoms with E-state index in [2.05, 4.69) is 5.32 Å². The number of methoxy groups -OCH3 is 1. The quantitative estimate of drug-likeness (QED) is 0.815. The first kappa shape index (κ1) is 14.5. The van der Waals surface area contributed by atoms with Gasteiger partial charge in [0, 0.05) is 32.8 Å². The molecule has 0 fully saturated rings. The molecule has 2 rings (SSSR count).